The van der Waals surface area contributed by atoms with Gasteiger partial charge in [-0.3, -0.25) is 14.7 Å². The van der Waals surface area contributed by atoms with Crippen LogP contribution in [0, 0.1) is 5.92 Å². The minimum atomic E-state index is -0.310. The first-order valence-corrected chi connectivity index (χ1v) is 6.29. The second-order valence-corrected chi connectivity index (χ2v) is 4.55. The van der Waals surface area contributed by atoms with E-state index in [1.54, 1.807) is 0 Å². The molecule has 98 valence electrons. The zero-order valence-electron chi connectivity index (χ0n) is 10.5. The number of rotatable bonds is 3. The lowest BCUT2D eigenvalue weighted by atomic mass is 9.88. The summed E-state index contributed by atoms with van der Waals surface area (Å²) in [7, 11) is 1.53. The lowest BCUT2D eigenvalue weighted by molar-refractivity contribution is -0.120. The van der Waals surface area contributed by atoms with Gasteiger partial charge in [-0.25, -0.2) is 0 Å². The highest BCUT2D eigenvalue weighted by Crippen LogP contribution is 2.25. The summed E-state index contributed by atoms with van der Waals surface area (Å²) < 4.78 is 0. The number of carbonyl (C=O) groups is 2. The minimum absolute atomic E-state index is 0.0127. The molecule has 1 aromatic rings. The Morgan fingerprint density at radius 2 is 2.06 bits per heavy atom. The molecule has 6 nitrogen and oxygen atoms in total. The third-order valence-corrected chi connectivity index (χ3v) is 3.32. The highest BCUT2D eigenvalue weighted by atomic mass is 16.2. The van der Waals surface area contributed by atoms with Gasteiger partial charge in [-0.2, -0.15) is 5.10 Å². The lowest BCUT2D eigenvalue weighted by Gasteiger charge is -2.20. The van der Waals surface area contributed by atoms with Gasteiger partial charge in [0.15, 0.2) is 5.69 Å². The van der Waals surface area contributed by atoms with Gasteiger partial charge in [-0.05, 0) is 12.8 Å². The summed E-state index contributed by atoms with van der Waals surface area (Å²) in [5.74, 6) is -0.261. The lowest BCUT2D eigenvalue weighted by Crippen LogP contribution is -2.26. The van der Waals surface area contributed by atoms with Crippen LogP contribution >= 0.6 is 0 Å². The summed E-state index contributed by atoms with van der Waals surface area (Å²) in [5, 5.41) is 11.7. The topological polar surface area (TPSA) is 86.9 Å². The summed E-state index contributed by atoms with van der Waals surface area (Å²) >= 11 is 0. The molecule has 0 radical (unpaired) electrons. The highest BCUT2D eigenvalue weighted by Gasteiger charge is 2.23. The number of nitrogens with one attached hydrogen (secondary N) is 3. The van der Waals surface area contributed by atoms with Crippen LogP contribution in [0.4, 0.5) is 5.69 Å². The number of H-pyrrole nitrogens is 1. The van der Waals surface area contributed by atoms with Crippen LogP contribution in [0.15, 0.2) is 6.20 Å². The molecule has 0 unspecified atom stereocenters. The van der Waals surface area contributed by atoms with Crippen molar-refractivity contribution in [1.82, 2.24) is 15.5 Å². The average molecular weight is 250 g/mol. The maximum atomic E-state index is 12.0. The standard InChI is InChI=1S/C12H18N4O2/c1-13-12(18)10-9(7-14-16-10)15-11(17)8-5-3-2-4-6-8/h7-8H,2-6H2,1H3,(H,13,18)(H,14,16)(H,15,17). The second kappa shape index (κ2) is 5.66. The van der Waals surface area contributed by atoms with E-state index in [1.807, 2.05) is 0 Å². The van der Waals surface area contributed by atoms with E-state index in [0.29, 0.717) is 5.69 Å². The van der Waals surface area contributed by atoms with Gasteiger partial charge in [0.2, 0.25) is 5.91 Å². The molecule has 0 saturated heterocycles. The van der Waals surface area contributed by atoms with Gasteiger partial charge in [0.05, 0.1) is 5.69 Å². The Kier molecular flexibility index (Phi) is 3.96. The monoisotopic (exact) mass is 250 g/mol. The van der Waals surface area contributed by atoms with Crippen molar-refractivity contribution < 1.29 is 9.59 Å². The van der Waals surface area contributed by atoms with E-state index in [1.165, 1.54) is 19.7 Å². The van der Waals surface area contributed by atoms with Gasteiger partial charge < -0.3 is 10.6 Å². The molecule has 0 aromatic carbocycles. The summed E-state index contributed by atoms with van der Waals surface area (Å²) in [6.07, 6.45) is 6.81. The Labute approximate surface area is 106 Å². The first-order valence-electron chi connectivity index (χ1n) is 6.29. The van der Waals surface area contributed by atoms with E-state index in [2.05, 4.69) is 20.8 Å². The van der Waals surface area contributed by atoms with Crippen LogP contribution in [0.25, 0.3) is 0 Å². The molecule has 2 rings (SSSR count). The van der Waals surface area contributed by atoms with Crippen molar-refractivity contribution in [1.29, 1.82) is 0 Å². The molecule has 3 N–H and O–H groups in total. The molecule has 0 bridgehead atoms. The number of anilines is 1. The van der Waals surface area contributed by atoms with Crippen LogP contribution in [0.3, 0.4) is 0 Å². The Morgan fingerprint density at radius 1 is 1.33 bits per heavy atom. The minimum Gasteiger partial charge on any atom is -0.354 e. The van der Waals surface area contributed by atoms with Gasteiger partial charge in [-0.15, -0.1) is 0 Å². The van der Waals surface area contributed by atoms with Crippen molar-refractivity contribution in [3.63, 3.8) is 0 Å². The van der Waals surface area contributed by atoms with Crippen LogP contribution in [-0.4, -0.2) is 29.1 Å². The maximum absolute atomic E-state index is 12.0. The van der Waals surface area contributed by atoms with Crippen LogP contribution in [0.5, 0.6) is 0 Å². The van der Waals surface area contributed by atoms with E-state index in [-0.39, 0.29) is 23.4 Å². The largest absolute Gasteiger partial charge is 0.354 e. The third-order valence-electron chi connectivity index (χ3n) is 3.32. The van der Waals surface area contributed by atoms with E-state index >= 15 is 0 Å². The Morgan fingerprint density at radius 3 is 2.72 bits per heavy atom. The molecule has 0 spiro atoms. The van der Waals surface area contributed by atoms with Crippen LogP contribution in [-0.2, 0) is 4.79 Å². The Balaban J connectivity index is 2.02. The average Bonchev–Trinajstić information content (AvgIpc) is 2.87. The molecule has 18 heavy (non-hydrogen) atoms. The first-order chi connectivity index (χ1) is 8.72. The van der Waals surface area contributed by atoms with E-state index in [0.717, 1.165) is 25.7 Å². The normalized spacial score (nSPS) is 16.3. The number of hydrogen-bond acceptors (Lipinski definition) is 3. The van der Waals surface area contributed by atoms with Crippen molar-refractivity contribution in [2.45, 2.75) is 32.1 Å². The molecule has 1 aromatic heterocycles. The second-order valence-electron chi connectivity index (χ2n) is 4.55. The molecule has 0 aliphatic heterocycles. The number of hydrogen-bond donors (Lipinski definition) is 3. The number of amides is 2. The van der Waals surface area contributed by atoms with Crippen molar-refractivity contribution >= 4 is 17.5 Å². The van der Waals surface area contributed by atoms with E-state index < -0.39 is 0 Å². The molecule has 1 aliphatic carbocycles. The fraction of sp³-hybridized carbons (Fsp3) is 0.583. The molecule has 1 fully saturated rings. The number of aromatic nitrogens is 2. The fourth-order valence-corrected chi connectivity index (χ4v) is 2.28. The molecule has 2 amide bonds. The zero-order chi connectivity index (χ0) is 13.0. The molecular formula is C12H18N4O2. The fourth-order valence-electron chi connectivity index (χ4n) is 2.28. The third kappa shape index (κ3) is 2.69. The van der Waals surface area contributed by atoms with Gasteiger partial charge in [0.1, 0.15) is 0 Å². The summed E-state index contributed by atoms with van der Waals surface area (Å²) in [5.41, 5.74) is 0.673. The molecular weight excluding hydrogens is 232 g/mol. The maximum Gasteiger partial charge on any atom is 0.273 e. The van der Waals surface area contributed by atoms with Gasteiger partial charge in [-0.1, -0.05) is 19.3 Å². The predicted molar refractivity (Wildman–Crippen MR) is 67.2 cm³/mol. The van der Waals surface area contributed by atoms with Crippen LogP contribution < -0.4 is 10.6 Å². The predicted octanol–water partition coefficient (Wildman–Crippen LogP) is 1.29. The zero-order valence-corrected chi connectivity index (χ0v) is 10.5. The number of aromatic amines is 1. The number of carbonyl (C=O) groups excluding carboxylic acids is 2. The number of nitrogens with zero attached hydrogens (tertiary/aromatic N) is 1. The summed E-state index contributed by atoms with van der Waals surface area (Å²) in [4.78, 5) is 23.6. The summed E-state index contributed by atoms with van der Waals surface area (Å²) in [6.45, 7) is 0. The molecule has 6 heteroatoms. The van der Waals surface area contributed by atoms with Crippen molar-refractivity contribution in [2.75, 3.05) is 12.4 Å². The molecule has 1 aliphatic rings. The van der Waals surface area contributed by atoms with Gasteiger partial charge >= 0.3 is 0 Å². The Hall–Kier alpha value is -1.85. The summed E-state index contributed by atoms with van der Waals surface area (Å²) in [6, 6.07) is 0. The quantitative estimate of drug-likeness (QED) is 0.755. The van der Waals surface area contributed by atoms with Gasteiger partial charge in [0.25, 0.3) is 5.91 Å². The van der Waals surface area contributed by atoms with E-state index in [4.69, 9.17) is 0 Å². The van der Waals surface area contributed by atoms with E-state index in [9.17, 15) is 9.59 Å². The first kappa shape index (κ1) is 12.6. The van der Waals surface area contributed by atoms with Gasteiger partial charge in [0, 0.05) is 19.2 Å². The Bertz CT molecular complexity index is 435. The van der Waals surface area contributed by atoms with Crippen LogP contribution in [0.1, 0.15) is 42.6 Å². The SMILES string of the molecule is CNC(=O)c1n[nH]cc1NC(=O)C1CCCCC1. The van der Waals surface area contributed by atoms with Crippen molar-refractivity contribution in [3.8, 4) is 0 Å². The van der Waals surface area contributed by atoms with Crippen molar-refractivity contribution in [2.24, 2.45) is 5.92 Å². The smallest absolute Gasteiger partial charge is 0.273 e. The highest BCUT2D eigenvalue weighted by molar-refractivity contribution is 6.02. The molecule has 1 heterocycles. The van der Waals surface area contributed by atoms with Crippen LogP contribution in [0.2, 0.25) is 0 Å². The molecule has 1 saturated carbocycles. The molecule has 0 atom stereocenters. The van der Waals surface area contributed by atoms with Crippen molar-refractivity contribution in [3.05, 3.63) is 11.9 Å².